The molecule has 9 nitrogen and oxygen atoms in total. The lowest BCUT2D eigenvalue weighted by atomic mass is 9.99. The van der Waals surface area contributed by atoms with Crippen LogP contribution in [-0.2, 0) is 4.74 Å². The summed E-state index contributed by atoms with van der Waals surface area (Å²) in [6.07, 6.45) is 1.13. The predicted octanol–water partition coefficient (Wildman–Crippen LogP) is 4.66. The van der Waals surface area contributed by atoms with Crippen LogP contribution in [0.15, 0.2) is 59.7 Å². The van der Waals surface area contributed by atoms with Crippen molar-refractivity contribution in [1.82, 2.24) is 15.2 Å². The first kappa shape index (κ1) is 26.9. The van der Waals surface area contributed by atoms with Gasteiger partial charge in [0.15, 0.2) is 0 Å². The summed E-state index contributed by atoms with van der Waals surface area (Å²) >= 11 is 5.87. The van der Waals surface area contributed by atoms with Gasteiger partial charge in [-0.3, -0.25) is 9.59 Å². The summed E-state index contributed by atoms with van der Waals surface area (Å²) in [6.45, 7) is 7.08. The average Bonchev–Trinajstić information content (AvgIpc) is 2.89. The molecule has 198 valence electrons. The molecule has 0 radical (unpaired) electrons. The Labute approximate surface area is 225 Å². The van der Waals surface area contributed by atoms with Crippen molar-refractivity contribution in [2.75, 3.05) is 26.2 Å². The van der Waals surface area contributed by atoms with E-state index in [0.717, 1.165) is 16.3 Å². The van der Waals surface area contributed by atoms with Gasteiger partial charge in [-0.1, -0.05) is 41.9 Å². The van der Waals surface area contributed by atoms with E-state index in [0.29, 0.717) is 31.7 Å². The van der Waals surface area contributed by atoms with E-state index >= 15 is 0 Å². The number of phenolic OH excluding ortho intramolecular Hbond substituents is 1. The quantitative estimate of drug-likeness (QED) is 0.372. The number of nitrogens with one attached hydrogen (secondary N) is 1. The van der Waals surface area contributed by atoms with Crippen LogP contribution >= 0.6 is 11.6 Å². The van der Waals surface area contributed by atoms with Gasteiger partial charge in [0.05, 0.1) is 11.2 Å². The lowest BCUT2D eigenvalue weighted by Crippen LogP contribution is -2.51. The van der Waals surface area contributed by atoms with Gasteiger partial charge in [-0.25, -0.2) is 10.2 Å². The minimum absolute atomic E-state index is 0.0686. The molecule has 3 aromatic carbocycles. The summed E-state index contributed by atoms with van der Waals surface area (Å²) in [6, 6.07) is 15.1. The number of hydrogen-bond donors (Lipinski definition) is 2. The zero-order chi connectivity index (χ0) is 27.4. The first-order chi connectivity index (χ1) is 18.0. The molecule has 2 N–H and O–H groups in total. The van der Waals surface area contributed by atoms with Crippen LogP contribution < -0.4 is 5.43 Å². The normalized spacial score (nSPS) is 14.1. The number of hydrazone groups is 1. The zero-order valence-electron chi connectivity index (χ0n) is 21.4. The fraction of sp³-hybridized carbons (Fsp3) is 0.286. The third kappa shape index (κ3) is 6.23. The Hall–Kier alpha value is -4.11. The third-order valence-electron chi connectivity index (χ3n) is 5.99. The van der Waals surface area contributed by atoms with Crippen LogP contribution in [0.3, 0.4) is 0 Å². The number of carbonyl (C=O) groups excluding carboxylic acids is 3. The second kappa shape index (κ2) is 11.1. The standard InChI is InChI=1S/C28H29ClN4O5/c1-28(2,3)38-27(37)33-14-12-32(13-15-33)26(36)22-10-8-19(20-6-4-5-7-21(20)22)17-30-31-25(35)18-9-11-24(34)23(29)16-18/h4-11,16-17,34H,12-15H2,1-3H3,(H,31,35). The minimum atomic E-state index is -0.573. The Morgan fingerprint density at radius 2 is 1.63 bits per heavy atom. The molecule has 0 bridgehead atoms. The number of halogens is 1. The number of amides is 3. The Bertz CT molecular complexity index is 1410. The predicted molar refractivity (Wildman–Crippen MR) is 146 cm³/mol. The van der Waals surface area contributed by atoms with E-state index in [4.69, 9.17) is 16.3 Å². The van der Waals surface area contributed by atoms with Crippen molar-refractivity contribution in [3.63, 3.8) is 0 Å². The fourth-order valence-electron chi connectivity index (χ4n) is 4.08. The van der Waals surface area contributed by atoms with Crippen molar-refractivity contribution < 1.29 is 24.2 Å². The molecule has 1 heterocycles. The summed E-state index contributed by atoms with van der Waals surface area (Å²) in [7, 11) is 0. The van der Waals surface area contributed by atoms with Crippen molar-refractivity contribution >= 4 is 46.5 Å². The number of aromatic hydroxyl groups is 1. The maximum atomic E-state index is 13.4. The Balaban J connectivity index is 1.46. The van der Waals surface area contributed by atoms with Gasteiger partial charge in [0, 0.05) is 42.9 Å². The second-order valence-electron chi connectivity index (χ2n) is 9.87. The maximum Gasteiger partial charge on any atom is 0.410 e. The van der Waals surface area contributed by atoms with Crippen molar-refractivity contribution in [2.45, 2.75) is 26.4 Å². The first-order valence-electron chi connectivity index (χ1n) is 12.1. The van der Waals surface area contributed by atoms with Gasteiger partial charge in [0.1, 0.15) is 11.4 Å². The van der Waals surface area contributed by atoms with E-state index in [2.05, 4.69) is 10.5 Å². The average molecular weight is 537 g/mol. The molecule has 3 amide bonds. The smallest absolute Gasteiger partial charge is 0.410 e. The van der Waals surface area contributed by atoms with Crippen molar-refractivity contribution in [3.05, 3.63) is 76.3 Å². The molecule has 1 saturated heterocycles. The highest BCUT2D eigenvalue weighted by atomic mass is 35.5. The van der Waals surface area contributed by atoms with Crippen LogP contribution in [0.1, 0.15) is 47.1 Å². The summed E-state index contributed by atoms with van der Waals surface area (Å²) in [5.74, 6) is -0.714. The molecule has 10 heteroatoms. The monoisotopic (exact) mass is 536 g/mol. The van der Waals surface area contributed by atoms with Gasteiger partial charge in [-0.2, -0.15) is 5.10 Å². The van der Waals surface area contributed by atoms with Crippen LogP contribution in [0.25, 0.3) is 10.8 Å². The fourth-order valence-corrected chi connectivity index (χ4v) is 4.26. The maximum absolute atomic E-state index is 13.4. The highest BCUT2D eigenvalue weighted by Gasteiger charge is 2.28. The van der Waals surface area contributed by atoms with Crippen molar-refractivity contribution in [2.24, 2.45) is 5.10 Å². The van der Waals surface area contributed by atoms with E-state index in [-0.39, 0.29) is 28.3 Å². The van der Waals surface area contributed by atoms with E-state index in [1.54, 1.807) is 21.9 Å². The second-order valence-corrected chi connectivity index (χ2v) is 10.3. The van der Waals surface area contributed by atoms with Crippen molar-refractivity contribution in [3.8, 4) is 5.75 Å². The van der Waals surface area contributed by atoms with Gasteiger partial charge >= 0.3 is 6.09 Å². The van der Waals surface area contributed by atoms with E-state index in [9.17, 15) is 19.5 Å². The van der Waals surface area contributed by atoms with Crippen LogP contribution in [-0.4, -0.2) is 70.8 Å². The molecule has 1 aliphatic rings. The largest absolute Gasteiger partial charge is 0.506 e. The number of ether oxygens (including phenoxy) is 1. The first-order valence-corrected chi connectivity index (χ1v) is 12.5. The molecule has 0 unspecified atom stereocenters. The molecular formula is C28H29ClN4O5. The minimum Gasteiger partial charge on any atom is -0.506 e. The van der Waals surface area contributed by atoms with Gasteiger partial charge in [0.2, 0.25) is 0 Å². The lowest BCUT2D eigenvalue weighted by Gasteiger charge is -2.35. The molecule has 3 aromatic rings. The molecule has 38 heavy (non-hydrogen) atoms. The molecule has 1 aliphatic heterocycles. The van der Waals surface area contributed by atoms with E-state index < -0.39 is 11.5 Å². The SMILES string of the molecule is CC(C)(C)OC(=O)N1CCN(C(=O)c2ccc(C=NNC(=O)c3ccc(O)c(Cl)c3)c3ccccc23)CC1. The Kier molecular flexibility index (Phi) is 7.87. The molecule has 0 atom stereocenters. The number of rotatable bonds is 4. The zero-order valence-corrected chi connectivity index (χ0v) is 22.2. The molecule has 4 rings (SSSR count). The van der Waals surface area contributed by atoms with Crippen LogP contribution in [0.2, 0.25) is 5.02 Å². The number of nitrogens with zero attached hydrogens (tertiary/aromatic N) is 3. The number of carbonyl (C=O) groups is 3. The molecule has 0 saturated carbocycles. The number of hydrogen-bond acceptors (Lipinski definition) is 6. The van der Waals surface area contributed by atoms with E-state index in [1.165, 1.54) is 24.4 Å². The lowest BCUT2D eigenvalue weighted by molar-refractivity contribution is 0.0141. The van der Waals surface area contributed by atoms with E-state index in [1.807, 2.05) is 45.0 Å². The summed E-state index contributed by atoms with van der Waals surface area (Å²) in [5.41, 5.74) is 3.39. The summed E-state index contributed by atoms with van der Waals surface area (Å²) in [4.78, 5) is 41.5. The van der Waals surface area contributed by atoms with Gasteiger partial charge in [-0.05, 0) is 55.8 Å². The number of piperazine rings is 1. The third-order valence-corrected chi connectivity index (χ3v) is 6.29. The van der Waals surface area contributed by atoms with Gasteiger partial charge < -0.3 is 19.6 Å². The number of phenols is 1. The highest BCUT2D eigenvalue weighted by Crippen LogP contribution is 2.25. The Morgan fingerprint density at radius 1 is 0.974 bits per heavy atom. The van der Waals surface area contributed by atoms with Crippen molar-refractivity contribution in [1.29, 1.82) is 0 Å². The molecule has 0 aromatic heterocycles. The molecule has 0 spiro atoms. The highest BCUT2D eigenvalue weighted by molar-refractivity contribution is 6.32. The summed E-state index contributed by atoms with van der Waals surface area (Å²) in [5, 5.41) is 15.2. The van der Waals surface area contributed by atoms with Crippen LogP contribution in [0, 0.1) is 0 Å². The number of fused-ring (bicyclic) bond motifs is 1. The molecule has 1 fully saturated rings. The molecule has 0 aliphatic carbocycles. The topological polar surface area (TPSA) is 112 Å². The van der Waals surface area contributed by atoms with Crippen LogP contribution in [0.5, 0.6) is 5.75 Å². The summed E-state index contributed by atoms with van der Waals surface area (Å²) < 4.78 is 5.44. The van der Waals surface area contributed by atoms with Crippen LogP contribution in [0.4, 0.5) is 4.79 Å². The molecular weight excluding hydrogens is 508 g/mol. The number of benzene rings is 3. The van der Waals surface area contributed by atoms with Gasteiger partial charge in [-0.15, -0.1) is 0 Å². The van der Waals surface area contributed by atoms with Gasteiger partial charge in [0.25, 0.3) is 11.8 Å². The Morgan fingerprint density at radius 3 is 2.29 bits per heavy atom.